The highest BCUT2D eigenvalue weighted by Crippen LogP contribution is 2.04. The van der Waals surface area contributed by atoms with Gasteiger partial charge in [-0.15, -0.1) is 0 Å². The summed E-state index contributed by atoms with van der Waals surface area (Å²) in [5.74, 6) is -0.421. The third-order valence-electron chi connectivity index (χ3n) is 2.59. The standard InChI is InChI=1S/C15H19NO3/c1-12-5-7-13(8-6-12)9-10-14(17)16-11-3-4-15(18)19-2/h5-10H,3-4,11H2,1-2H3,(H,16,17)/b10-9+. The van der Waals surface area contributed by atoms with Gasteiger partial charge in [0.1, 0.15) is 0 Å². The van der Waals surface area contributed by atoms with E-state index in [1.165, 1.54) is 18.7 Å². The predicted molar refractivity (Wildman–Crippen MR) is 74.5 cm³/mol. The average Bonchev–Trinajstić information content (AvgIpc) is 2.42. The van der Waals surface area contributed by atoms with E-state index in [2.05, 4.69) is 10.1 Å². The lowest BCUT2D eigenvalue weighted by molar-refractivity contribution is -0.140. The Hall–Kier alpha value is -2.10. The van der Waals surface area contributed by atoms with Crippen molar-refractivity contribution in [3.8, 4) is 0 Å². The summed E-state index contributed by atoms with van der Waals surface area (Å²) in [7, 11) is 1.35. The van der Waals surface area contributed by atoms with Crippen molar-refractivity contribution in [3.63, 3.8) is 0 Å². The highest BCUT2D eigenvalue weighted by Gasteiger charge is 2.00. The normalized spacial score (nSPS) is 10.4. The largest absolute Gasteiger partial charge is 0.469 e. The third kappa shape index (κ3) is 6.41. The lowest BCUT2D eigenvalue weighted by Gasteiger charge is -2.01. The van der Waals surface area contributed by atoms with Crippen LogP contribution in [-0.4, -0.2) is 25.5 Å². The fourth-order valence-electron chi connectivity index (χ4n) is 1.45. The van der Waals surface area contributed by atoms with Crippen LogP contribution in [-0.2, 0) is 14.3 Å². The van der Waals surface area contributed by atoms with Gasteiger partial charge in [-0.05, 0) is 25.0 Å². The quantitative estimate of drug-likeness (QED) is 0.484. The highest BCUT2D eigenvalue weighted by atomic mass is 16.5. The molecular formula is C15H19NO3. The van der Waals surface area contributed by atoms with E-state index in [9.17, 15) is 9.59 Å². The molecule has 4 heteroatoms. The summed E-state index contributed by atoms with van der Waals surface area (Å²) in [5, 5.41) is 2.71. The fraction of sp³-hybridized carbons (Fsp3) is 0.333. The molecule has 0 saturated heterocycles. The summed E-state index contributed by atoms with van der Waals surface area (Å²) in [6.07, 6.45) is 4.15. The first kappa shape index (κ1) is 15.0. The van der Waals surface area contributed by atoms with Gasteiger partial charge >= 0.3 is 5.97 Å². The fourth-order valence-corrected chi connectivity index (χ4v) is 1.45. The molecule has 0 saturated carbocycles. The number of esters is 1. The molecule has 4 nitrogen and oxygen atoms in total. The van der Waals surface area contributed by atoms with E-state index in [1.54, 1.807) is 6.08 Å². The molecular weight excluding hydrogens is 242 g/mol. The van der Waals surface area contributed by atoms with E-state index in [4.69, 9.17) is 0 Å². The van der Waals surface area contributed by atoms with Crippen molar-refractivity contribution in [2.45, 2.75) is 19.8 Å². The van der Waals surface area contributed by atoms with Crippen LogP contribution in [0.3, 0.4) is 0 Å². The molecule has 19 heavy (non-hydrogen) atoms. The maximum absolute atomic E-state index is 11.5. The van der Waals surface area contributed by atoms with E-state index in [0.717, 1.165) is 5.56 Å². The maximum Gasteiger partial charge on any atom is 0.305 e. The number of methoxy groups -OCH3 is 1. The molecule has 0 unspecified atom stereocenters. The average molecular weight is 261 g/mol. The lowest BCUT2D eigenvalue weighted by atomic mass is 10.1. The van der Waals surface area contributed by atoms with Crippen molar-refractivity contribution in [3.05, 3.63) is 41.5 Å². The van der Waals surface area contributed by atoms with E-state index in [-0.39, 0.29) is 11.9 Å². The number of rotatable bonds is 6. The van der Waals surface area contributed by atoms with Gasteiger partial charge in [-0.3, -0.25) is 9.59 Å². The Kier molecular flexibility index (Phi) is 6.36. The Morgan fingerprint density at radius 2 is 1.95 bits per heavy atom. The highest BCUT2D eigenvalue weighted by molar-refractivity contribution is 5.91. The van der Waals surface area contributed by atoms with Gasteiger partial charge in [-0.1, -0.05) is 29.8 Å². The van der Waals surface area contributed by atoms with Crippen LogP contribution in [0.15, 0.2) is 30.3 Å². The van der Waals surface area contributed by atoms with Gasteiger partial charge in [0, 0.05) is 19.0 Å². The molecule has 0 atom stereocenters. The second kappa shape index (κ2) is 8.08. The maximum atomic E-state index is 11.5. The number of aryl methyl sites for hydroxylation is 1. The second-order valence-electron chi connectivity index (χ2n) is 4.21. The van der Waals surface area contributed by atoms with Crippen LogP contribution >= 0.6 is 0 Å². The lowest BCUT2D eigenvalue weighted by Crippen LogP contribution is -2.22. The summed E-state index contributed by atoms with van der Waals surface area (Å²) in [6.45, 7) is 2.48. The molecule has 0 radical (unpaired) electrons. The van der Waals surface area contributed by atoms with Gasteiger partial charge in [-0.2, -0.15) is 0 Å². The number of nitrogens with one attached hydrogen (secondary N) is 1. The van der Waals surface area contributed by atoms with Crippen LogP contribution < -0.4 is 5.32 Å². The summed E-state index contributed by atoms with van der Waals surface area (Å²) in [5.41, 5.74) is 2.17. The second-order valence-corrected chi connectivity index (χ2v) is 4.21. The van der Waals surface area contributed by atoms with Crippen molar-refractivity contribution in [2.24, 2.45) is 0 Å². The van der Waals surface area contributed by atoms with Crippen molar-refractivity contribution >= 4 is 18.0 Å². The van der Waals surface area contributed by atoms with Crippen molar-refractivity contribution in [2.75, 3.05) is 13.7 Å². The third-order valence-corrected chi connectivity index (χ3v) is 2.59. The summed E-state index contributed by atoms with van der Waals surface area (Å²) < 4.78 is 4.51. The molecule has 0 fully saturated rings. The van der Waals surface area contributed by atoms with E-state index in [0.29, 0.717) is 19.4 Å². The molecule has 1 aromatic rings. The Bertz CT molecular complexity index is 449. The number of ether oxygens (including phenoxy) is 1. The molecule has 0 aliphatic heterocycles. The Morgan fingerprint density at radius 3 is 2.58 bits per heavy atom. The minimum Gasteiger partial charge on any atom is -0.469 e. The molecule has 0 spiro atoms. The van der Waals surface area contributed by atoms with Crippen molar-refractivity contribution in [1.29, 1.82) is 0 Å². The molecule has 1 aromatic carbocycles. The van der Waals surface area contributed by atoms with Gasteiger partial charge in [0.15, 0.2) is 0 Å². The number of amides is 1. The SMILES string of the molecule is COC(=O)CCCNC(=O)/C=C/c1ccc(C)cc1. The van der Waals surface area contributed by atoms with Crippen LogP contribution in [0.4, 0.5) is 0 Å². The first-order valence-corrected chi connectivity index (χ1v) is 6.21. The molecule has 0 bridgehead atoms. The van der Waals surface area contributed by atoms with Crippen LogP contribution in [0.5, 0.6) is 0 Å². The van der Waals surface area contributed by atoms with Crippen LogP contribution in [0, 0.1) is 6.92 Å². The number of carbonyl (C=O) groups excluding carboxylic acids is 2. The predicted octanol–water partition coefficient (Wildman–Crippen LogP) is 2.08. The monoisotopic (exact) mass is 261 g/mol. The van der Waals surface area contributed by atoms with Crippen molar-refractivity contribution < 1.29 is 14.3 Å². The van der Waals surface area contributed by atoms with Gasteiger partial charge in [-0.25, -0.2) is 0 Å². The number of benzene rings is 1. The summed E-state index contributed by atoms with van der Waals surface area (Å²) in [4.78, 5) is 22.3. The van der Waals surface area contributed by atoms with Crippen LogP contribution in [0.25, 0.3) is 6.08 Å². The zero-order chi connectivity index (χ0) is 14.1. The Labute approximate surface area is 113 Å². The molecule has 0 aromatic heterocycles. The van der Waals surface area contributed by atoms with E-state index < -0.39 is 0 Å². The molecule has 0 aliphatic carbocycles. The number of hydrogen-bond acceptors (Lipinski definition) is 3. The van der Waals surface area contributed by atoms with Gasteiger partial charge in [0.25, 0.3) is 0 Å². The smallest absolute Gasteiger partial charge is 0.305 e. The Balaban J connectivity index is 2.27. The van der Waals surface area contributed by atoms with Crippen molar-refractivity contribution in [1.82, 2.24) is 5.32 Å². The summed E-state index contributed by atoms with van der Waals surface area (Å²) >= 11 is 0. The molecule has 1 rings (SSSR count). The minimum absolute atomic E-state index is 0.162. The molecule has 0 heterocycles. The Morgan fingerprint density at radius 1 is 1.26 bits per heavy atom. The molecule has 1 N–H and O–H groups in total. The zero-order valence-electron chi connectivity index (χ0n) is 11.3. The molecule has 1 amide bonds. The van der Waals surface area contributed by atoms with Gasteiger partial charge < -0.3 is 10.1 Å². The minimum atomic E-state index is -0.260. The van der Waals surface area contributed by atoms with E-state index in [1.807, 2.05) is 31.2 Å². The first-order valence-electron chi connectivity index (χ1n) is 6.21. The molecule has 102 valence electrons. The van der Waals surface area contributed by atoms with Gasteiger partial charge in [0.05, 0.1) is 7.11 Å². The van der Waals surface area contributed by atoms with Crippen LogP contribution in [0.1, 0.15) is 24.0 Å². The van der Waals surface area contributed by atoms with Gasteiger partial charge in [0.2, 0.25) is 5.91 Å². The molecule has 0 aliphatic rings. The van der Waals surface area contributed by atoms with Crippen LogP contribution in [0.2, 0.25) is 0 Å². The summed E-state index contributed by atoms with van der Waals surface area (Å²) in [6, 6.07) is 7.90. The zero-order valence-corrected chi connectivity index (χ0v) is 11.3. The number of carbonyl (C=O) groups is 2. The topological polar surface area (TPSA) is 55.4 Å². The first-order chi connectivity index (χ1) is 9.11. The number of hydrogen-bond donors (Lipinski definition) is 1. The van der Waals surface area contributed by atoms with E-state index >= 15 is 0 Å².